The van der Waals surface area contributed by atoms with E-state index < -0.39 is 12.0 Å². The number of aliphatic carboxylic acids is 1. The minimum atomic E-state index is -0.784. The summed E-state index contributed by atoms with van der Waals surface area (Å²) in [4.78, 5) is 19.1. The number of rotatable bonds is 11. The topological polar surface area (TPSA) is 89.5 Å². The van der Waals surface area contributed by atoms with Crippen LogP contribution in [-0.4, -0.2) is 60.2 Å². The number of para-hydroxylation sites is 1. The summed E-state index contributed by atoms with van der Waals surface area (Å²) in [5, 5.41) is 20.3. The second-order valence-electron chi connectivity index (χ2n) is 9.62. The zero-order chi connectivity index (χ0) is 23.9. The van der Waals surface area contributed by atoms with Gasteiger partial charge in [0.1, 0.15) is 11.9 Å². The maximum absolute atomic E-state index is 12.2. The molecule has 2 aliphatic heterocycles. The molecule has 0 spiro atoms. The van der Waals surface area contributed by atoms with Gasteiger partial charge in [0.2, 0.25) is 0 Å². The number of carbonyl (C=O) groups is 1. The van der Waals surface area contributed by atoms with Gasteiger partial charge in [-0.3, -0.25) is 9.69 Å². The molecule has 1 fully saturated rings. The number of likely N-dealkylation sites (tertiary alicyclic amines) is 1. The Bertz CT molecular complexity index is 979. The first-order chi connectivity index (χ1) is 16.6. The summed E-state index contributed by atoms with van der Waals surface area (Å²) in [6.07, 6.45) is 7.78. The summed E-state index contributed by atoms with van der Waals surface area (Å²) in [6, 6.07) is 10.0. The Hall–Kier alpha value is -2.64. The summed E-state index contributed by atoms with van der Waals surface area (Å²) in [5.74, 6) is 0.303. The van der Waals surface area contributed by atoms with Crippen LogP contribution < -0.4 is 16.0 Å². The van der Waals surface area contributed by atoms with E-state index in [9.17, 15) is 9.90 Å². The Morgan fingerprint density at radius 2 is 2.15 bits per heavy atom. The van der Waals surface area contributed by atoms with Gasteiger partial charge in [0.25, 0.3) is 0 Å². The molecule has 0 bridgehead atoms. The van der Waals surface area contributed by atoms with Crippen molar-refractivity contribution in [3.63, 3.8) is 0 Å². The molecule has 0 amide bonds. The molecule has 184 valence electrons. The van der Waals surface area contributed by atoms with Crippen LogP contribution in [-0.2, 0) is 17.6 Å². The zero-order valence-electron chi connectivity index (χ0n) is 20.6. The predicted molar refractivity (Wildman–Crippen MR) is 138 cm³/mol. The van der Waals surface area contributed by atoms with Gasteiger partial charge in [-0.15, -0.1) is 0 Å². The van der Waals surface area contributed by atoms with Crippen molar-refractivity contribution >= 4 is 17.5 Å². The lowest BCUT2D eigenvalue weighted by Crippen LogP contribution is -2.37. The van der Waals surface area contributed by atoms with E-state index in [0.29, 0.717) is 6.04 Å². The van der Waals surface area contributed by atoms with E-state index in [1.54, 1.807) is 0 Å². The quantitative estimate of drug-likeness (QED) is 0.373. The van der Waals surface area contributed by atoms with Crippen LogP contribution in [0.25, 0.3) is 0 Å². The average molecular weight is 466 g/mol. The van der Waals surface area contributed by atoms with Gasteiger partial charge in [-0.25, -0.2) is 4.98 Å². The minimum Gasteiger partial charge on any atom is -0.480 e. The molecule has 2 unspecified atom stereocenters. The molecule has 1 aromatic heterocycles. The van der Waals surface area contributed by atoms with Crippen LogP contribution in [0.2, 0.25) is 0 Å². The smallest absolute Gasteiger partial charge is 0.325 e. The number of aryl methyl sites for hydroxylation is 3. The molecule has 1 aromatic carbocycles. The van der Waals surface area contributed by atoms with Crippen LogP contribution in [0.15, 0.2) is 30.3 Å². The van der Waals surface area contributed by atoms with Gasteiger partial charge in [0.05, 0.1) is 0 Å². The number of hydrogen-bond acceptors (Lipinski definition) is 6. The monoisotopic (exact) mass is 465 g/mol. The third-order valence-corrected chi connectivity index (χ3v) is 7.16. The van der Waals surface area contributed by atoms with E-state index in [1.165, 1.54) is 24.1 Å². The molecule has 2 atom stereocenters. The fraction of sp³-hybridized carbons (Fsp3) is 0.556. The van der Waals surface area contributed by atoms with Crippen LogP contribution in [0.1, 0.15) is 60.5 Å². The van der Waals surface area contributed by atoms with Crippen molar-refractivity contribution in [1.29, 1.82) is 0 Å². The number of nitrogens with one attached hydrogen (secondary N) is 3. The summed E-state index contributed by atoms with van der Waals surface area (Å²) in [5.41, 5.74) is 5.38. The molecule has 1 saturated heterocycles. The van der Waals surface area contributed by atoms with E-state index in [-0.39, 0.29) is 0 Å². The van der Waals surface area contributed by atoms with Crippen LogP contribution in [0.3, 0.4) is 0 Å². The number of anilines is 2. The second-order valence-corrected chi connectivity index (χ2v) is 9.62. The van der Waals surface area contributed by atoms with Gasteiger partial charge in [0.15, 0.2) is 0 Å². The summed E-state index contributed by atoms with van der Waals surface area (Å²) in [6.45, 7) is 5.58. The normalized spacial score (nSPS) is 18.8. The van der Waals surface area contributed by atoms with Crippen LogP contribution >= 0.6 is 0 Å². The van der Waals surface area contributed by atoms with Crippen LogP contribution in [0.5, 0.6) is 0 Å². The molecule has 34 heavy (non-hydrogen) atoms. The molecule has 7 heteroatoms. The van der Waals surface area contributed by atoms with Crippen LogP contribution in [0.4, 0.5) is 11.5 Å². The number of aromatic nitrogens is 1. The van der Waals surface area contributed by atoms with E-state index in [1.807, 2.05) is 32.2 Å². The number of nitrogens with zero attached hydrogens (tertiary/aromatic N) is 2. The number of fused-ring (bicyclic) bond motifs is 1. The first-order valence-electron chi connectivity index (χ1n) is 12.8. The molecule has 4 rings (SSSR count). The molecule has 3 heterocycles. The standard InChI is InChI=1S/C27H39N5O2/c1-19-8-6-11-23(24(19)28-2)25(27(33)34)32-17-14-22(18-32)29-15-5-3-4-10-21-13-12-20-9-7-16-30-26(20)31-21/h6,8,11-13,22,25,28-29H,3-5,7,9-10,14-18H2,1-2H3,(H,30,31)(H,33,34). The largest absolute Gasteiger partial charge is 0.480 e. The minimum absolute atomic E-state index is 0.345. The first kappa shape index (κ1) is 24.5. The number of carboxylic acids is 1. The van der Waals surface area contributed by atoms with Crippen molar-refractivity contribution < 1.29 is 9.90 Å². The van der Waals surface area contributed by atoms with Gasteiger partial charge in [-0.1, -0.05) is 30.7 Å². The highest BCUT2D eigenvalue weighted by Crippen LogP contribution is 2.32. The second kappa shape index (κ2) is 11.7. The van der Waals surface area contributed by atoms with Crippen LogP contribution in [0, 0.1) is 6.92 Å². The molecular weight excluding hydrogens is 426 g/mol. The number of carboxylic acid groups (broad SMARTS) is 1. The molecule has 4 N–H and O–H groups in total. The summed E-state index contributed by atoms with van der Waals surface area (Å²) in [7, 11) is 1.86. The summed E-state index contributed by atoms with van der Waals surface area (Å²) < 4.78 is 0. The summed E-state index contributed by atoms with van der Waals surface area (Å²) >= 11 is 0. The SMILES string of the molecule is CNc1c(C)cccc1C(C(=O)O)N1CCC(NCCCCCc2ccc3c(n2)NCCC3)C1. The van der Waals surface area contributed by atoms with Crippen molar-refractivity contribution in [2.24, 2.45) is 0 Å². The lowest BCUT2D eigenvalue weighted by Gasteiger charge is -2.27. The number of pyridine rings is 1. The Balaban J connectivity index is 1.20. The van der Waals surface area contributed by atoms with E-state index in [0.717, 1.165) is 80.9 Å². The van der Waals surface area contributed by atoms with Crippen molar-refractivity contribution in [1.82, 2.24) is 15.2 Å². The Morgan fingerprint density at radius 1 is 1.26 bits per heavy atom. The third-order valence-electron chi connectivity index (χ3n) is 7.16. The maximum Gasteiger partial charge on any atom is 0.325 e. The molecule has 7 nitrogen and oxygen atoms in total. The molecule has 2 aliphatic rings. The Morgan fingerprint density at radius 3 is 2.97 bits per heavy atom. The van der Waals surface area contributed by atoms with E-state index in [2.05, 4.69) is 33.0 Å². The van der Waals surface area contributed by atoms with Gasteiger partial charge in [-0.05, 0) is 69.2 Å². The zero-order valence-corrected chi connectivity index (χ0v) is 20.6. The molecule has 0 radical (unpaired) electrons. The molecule has 0 saturated carbocycles. The lowest BCUT2D eigenvalue weighted by molar-refractivity contribution is -0.143. The first-order valence-corrected chi connectivity index (χ1v) is 12.8. The van der Waals surface area contributed by atoms with Gasteiger partial charge >= 0.3 is 5.97 Å². The fourth-order valence-electron chi connectivity index (χ4n) is 5.36. The third kappa shape index (κ3) is 5.88. The molecule has 2 aromatic rings. The fourth-order valence-corrected chi connectivity index (χ4v) is 5.36. The van der Waals surface area contributed by atoms with Crippen molar-refractivity contribution in [2.75, 3.05) is 43.9 Å². The van der Waals surface area contributed by atoms with Gasteiger partial charge in [0, 0.05) is 49.7 Å². The molecule has 0 aliphatic carbocycles. The Kier molecular flexibility index (Phi) is 8.40. The average Bonchev–Trinajstić information content (AvgIpc) is 3.29. The van der Waals surface area contributed by atoms with Gasteiger partial charge < -0.3 is 21.1 Å². The van der Waals surface area contributed by atoms with E-state index in [4.69, 9.17) is 4.98 Å². The van der Waals surface area contributed by atoms with Crippen molar-refractivity contribution in [2.45, 2.75) is 64.0 Å². The van der Waals surface area contributed by atoms with Crippen molar-refractivity contribution in [3.05, 3.63) is 52.7 Å². The highest BCUT2D eigenvalue weighted by Gasteiger charge is 2.34. The lowest BCUT2D eigenvalue weighted by atomic mass is 10.00. The Labute approximate surface area is 203 Å². The number of hydrogen-bond donors (Lipinski definition) is 4. The predicted octanol–water partition coefficient (Wildman–Crippen LogP) is 3.99. The van der Waals surface area contributed by atoms with Crippen molar-refractivity contribution in [3.8, 4) is 0 Å². The molecular formula is C27H39N5O2. The maximum atomic E-state index is 12.2. The van der Waals surface area contributed by atoms with E-state index >= 15 is 0 Å². The highest BCUT2D eigenvalue weighted by molar-refractivity contribution is 5.79. The van der Waals surface area contributed by atoms with Gasteiger partial charge in [-0.2, -0.15) is 0 Å². The number of unbranched alkanes of at least 4 members (excludes halogenated alkanes) is 2. The number of benzene rings is 1. The highest BCUT2D eigenvalue weighted by atomic mass is 16.4.